The zero-order chi connectivity index (χ0) is 26.9. The van der Waals surface area contributed by atoms with E-state index in [0.29, 0.717) is 37.6 Å². The lowest BCUT2D eigenvalue weighted by atomic mass is 9.78. The van der Waals surface area contributed by atoms with Gasteiger partial charge in [-0.15, -0.1) is 11.3 Å². The number of benzene rings is 2. The van der Waals surface area contributed by atoms with Crippen LogP contribution in [0.2, 0.25) is 0 Å². The Balaban J connectivity index is 1.57. The van der Waals surface area contributed by atoms with Gasteiger partial charge in [-0.3, -0.25) is 9.59 Å². The molecule has 0 saturated carbocycles. The number of hydrogen-bond acceptors (Lipinski definition) is 6. The number of morpholine rings is 1. The number of carbonyl (C=O) groups is 2. The van der Waals surface area contributed by atoms with Crippen molar-refractivity contribution in [2.75, 3.05) is 37.9 Å². The van der Waals surface area contributed by atoms with E-state index >= 15 is 4.39 Å². The van der Waals surface area contributed by atoms with Crippen LogP contribution in [0.25, 0.3) is 0 Å². The molecule has 2 aliphatic heterocycles. The zero-order valence-corrected chi connectivity index (χ0v) is 21.3. The van der Waals surface area contributed by atoms with E-state index in [1.165, 1.54) is 34.5 Å². The first kappa shape index (κ1) is 25.9. The monoisotopic (exact) mass is 542 g/mol. The summed E-state index contributed by atoms with van der Waals surface area (Å²) in [6, 6.07) is 12.3. The van der Waals surface area contributed by atoms with Gasteiger partial charge in [0, 0.05) is 24.0 Å². The number of ether oxygens (including phenoxy) is 1. The molecule has 1 saturated heterocycles. The second kappa shape index (κ2) is 10.6. The lowest BCUT2D eigenvalue weighted by molar-refractivity contribution is -0.137. The Morgan fingerprint density at radius 2 is 1.79 bits per heavy atom. The number of thiophene rings is 1. The van der Waals surface area contributed by atoms with Crippen LogP contribution in [0.1, 0.15) is 23.3 Å². The van der Waals surface area contributed by atoms with E-state index in [-0.39, 0.29) is 18.1 Å². The van der Waals surface area contributed by atoms with Gasteiger partial charge in [-0.2, -0.15) is 5.10 Å². The van der Waals surface area contributed by atoms with Gasteiger partial charge in [0.2, 0.25) is 11.8 Å². The van der Waals surface area contributed by atoms with Crippen LogP contribution in [0.4, 0.5) is 18.9 Å². The molecule has 0 radical (unpaired) electrons. The summed E-state index contributed by atoms with van der Waals surface area (Å²) < 4.78 is 47.9. The van der Waals surface area contributed by atoms with Crippen LogP contribution in [0.5, 0.6) is 0 Å². The van der Waals surface area contributed by atoms with E-state index in [9.17, 15) is 18.4 Å². The predicted octanol–water partition coefficient (Wildman–Crippen LogP) is 3.91. The first-order valence-electron chi connectivity index (χ1n) is 12.1. The molecule has 7 nitrogen and oxygen atoms in total. The molecule has 0 bridgehead atoms. The van der Waals surface area contributed by atoms with Crippen molar-refractivity contribution in [3.05, 3.63) is 87.9 Å². The molecule has 2 amide bonds. The number of amides is 2. The Morgan fingerprint density at radius 1 is 1.08 bits per heavy atom. The van der Waals surface area contributed by atoms with E-state index < -0.39 is 34.8 Å². The first-order chi connectivity index (χ1) is 18.3. The number of hydrazone groups is 1. The molecule has 0 aliphatic carbocycles. The maximum atomic E-state index is 15.1. The van der Waals surface area contributed by atoms with E-state index in [4.69, 9.17) is 4.74 Å². The molecular formula is C27H25F3N4O3S. The van der Waals surface area contributed by atoms with Crippen molar-refractivity contribution in [3.8, 4) is 0 Å². The predicted molar refractivity (Wildman–Crippen MR) is 138 cm³/mol. The number of carbonyl (C=O) groups excluding carboxylic acids is 2. The van der Waals surface area contributed by atoms with Crippen LogP contribution < -0.4 is 10.3 Å². The van der Waals surface area contributed by atoms with Crippen LogP contribution >= 0.6 is 11.3 Å². The lowest BCUT2D eigenvalue weighted by Gasteiger charge is -2.37. The fraction of sp³-hybridized carbons (Fsp3) is 0.296. The molecule has 2 aliphatic rings. The van der Waals surface area contributed by atoms with Gasteiger partial charge >= 0.3 is 0 Å². The van der Waals surface area contributed by atoms with Crippen molar-refractivity contribution in [1.82, 2.24) is 10.2 Å². The summed E-state index contributed by atoms with van der Waals surface area (Å²) in [5, 5.41) is 10.5. The standard InChI is InChI=1S/C27H25F3N4O3S/c1-27(26(36)31-16-23(35)33-10-12-37-13-11-33)24(22-3-2-14-38-22)25(17-4-6-18(28)7-5-17)32-34(27)21-9-8-19(29)15-20(21)30/h2-9,14-15,24H,10-13,16H2,1H3,(H,31,36). The minimum absolute atomic E-state index is 0.109. The number of anilines is 1. The molecule has 11 heteroatoms. The third-order valence-corrected chi connectivity index (χ3v) is 7.75. The summed E-state index contributed by atoms with van der Waals surface area (Å²) in [7, 11) is 0. The highest BCUT2D eigenvalue weighted by atomic mass is 32.1. The normalized spacial score (nSPS) is 21.4. The second-order valence-electron chi connectivity index (χ2n) is 9.17. The van der Waals surface area contributed by atoms with E-state index in [1.54, 1.807) is 24.0 Å². The summed E-state index contributed by atoms with van der Waals surface area (Å²) in [5.41, 5.74) is -0.716. The van der Waals surface area contributed by atoms with Crippen LogP contribution in [-0.4, -0.2) is 60.8 Å². The average molecular weight is 543 g/mol. The van der Waals surface area contributed by atoms with Gasteiger partial charge in [0.1, 0.15) is 11.6 Å². The molecule has 2 unspecified atom stereocenters. The van der Waals surface area contributed by atoms with Crippen LogP contribution in [0.3, 0.4) is 0 Å². The smallest absolute Gasteiger partial charge is 0.249 e. The topological polar surface area (TPSA) is 74.2 Å². The van der Waals surface area contributed by atoms with Gasteiger partial charge in [0.05, 0.1) is 37.1 Å². The fourth-order valence-electron chi connectivity index (χ4n) is 4.81. The molecule has 3 aromatic rings. The summed E-state index contributed by atoms with van der Waals surface area (Å²) in [6.45, 7) is 3.03. The molecule has 1 N–H and O–H groups in total. The highest BCUT2D eigenvalue weighted by Gasteiger charge is 2.55. The fourth-order valence-corrected chi connectivity index (χ4v) is 5.76. The maximum absolute atomic E-state index is 15.1. The van der Waals surface area contributed by atoms with E-state index in [2.05, 4.69) is 10.4 Å². The second-order valence-corrected chi connectivity index (χ2v) is 10.2. The third-order valence-electron chi connectivity index (χ3n) is 6.81. The summed E-state index contributed by atoms with van der Waals surface area (Å²) >= 11 is 1.39. The zero-order valence-electron chi connectivity index (χ0n) is 20.5. The molecule has 38 heavy (non-hydrogen) atoms. The van der Waals surface area contributed by atoms with E-state index in [1.807, 2.05) is 17.5 Å². The Bertz CT molecular complexity index is 1360. The van der Waals surface area contributed by atoms with Crippen molar-refractivity contribution in [3.63, 3.8) is 0 Å². The van der Waals surface area contributed by atoms with Crippen molar-refractivity contribution in [2.45, 2.75) is 18.4 Å². The molecule has 2 aromatic carbocycles. The average Bonchev–Trinajstić information content (AvgIpc) is 3.55. The number of rotatable bonds is 6. The Labute approximate surface area is 221 Å². The van der Waals surface area contributed by atoms with Crippen molar-refractivity contribution in [1.29, 1.82) is 0 Å². The number of hydrogen-bond donors (Lipinski definition) is 1. The number of nitrogens with zero attached hydrogens (tertiary/aromatic N) is 3. The van der Waals surface area contributed by atoms with Gasteiger partial charge in [-0.1, -0.05) is 18.2 Å². The SMILES string of the molecule is CC1(C(=O)NCC(=O)N2CCOCC2)C(c2cccs2)C(c2ccc(F)cc2)=NN1c1ccc(F)cc1F. The minimum Gasteiger partial charge on any atom is -0.378 e. The maximum Gasteiger partial charge on any atom is 0.249 e. The Morgan fingerprint density at radius 3 is 2.45 bits per heavy atom. The number of nitrogens with one attached hydrogen (secondary N) is 1. The molecule has 0 spiro atoms. The first-order valence-corrected chi connectivity index (χ1v) is 12.9. The largest absolute Gasteiger partial charge is 0.378 e. The molecular weight excluding hydrogens is 517 g/mol. The van der Waals surface area contributed by atoms with Crippen molar-refractivity contribution < 1.29 is 27.5 Å². The summed E-state index contributed by atoms with van der Waals surface area (Å²) in [6.07, 6.45) is 0. The molecule has 5 rings (SSSR count). The Hall–Kier alpha value is -3.70. The quantitative estimate of drug-likeness (QED) is 0.513. The molecule has 1 fully saturated rings. The van der Waals surface area contributed by atoms with Crippen LogP contribution in [0, 0.1) is 17.5 Å². The summed E-state index contributed by atoms with van der Waals surface area (Å²) in [4.78, 5) is 29.1. The summed E-state index contributed by atoms with van der Waals surface area (Å²) in [5.74, 6) is -3.66. The van der Waals surface area contributed by atoms with Gasteiger partial charge in [-0.05, 0) is 48.2 Å². The minimum atomic E-state index is -1.56. The van der Waals surface area contributed by atoms with Gasteiger partial charge in [0.25, 0.3) is 0 Å². The van der Waals surface area contributed by atoms with E-state index in [0.717, 1.165) is 17.0 Å². The molecule has 198 valence electrons. The van der Waals surface area contributed by atoms with Crippen molar-refractivity contribution >= 4 is 34.6 Å². The van der Waals surface area contributed by atoms with Crippen LogP contribution in [0.15, 0.2) is 65.1 Å². The Kier molecular flexibility index (Phi) is 7.22. The molecule has 2 atom stereocenters. The third kappa shape index (κ3) is 4.79. The molecule has 1 aromatic heterocycles. The van der Waals surface area contributed by atoms with Crippen molar-refractivity contribution in [2.24, 2.45) is 5.10 Å². The highest BCUT2D eigenvalue weighted by Crippen LogP contribution is 2.46. The highest BCUT2D eigenvalue weighted by molar-refractivity contribution is 7.10. The van der Waals surface area contributed by atoms with Gasteiger partial charge < -0.3 is 15.0 Å². The molecule has 3 heterocycles. The van der Waals surface area contributed by atoms with Crippen LogP contribution in [-0.2, 0) is 14.3 Å². The number of halogens is 3. The lowest BCUT2D eigenvalue weighted by Crippen LogP contribution is -2.58. The van der Waals surface area contributed by atoms with Gasteiger partial charge in [-0.25, -0.2) is 18.2 Å². The van der Waals surface area contributed by atoms with Gasteiger partial charge in [0.15, 0.2) is 11.4 Å².